The van der Waals surface area contributed by atoms with Gasteiger partial charge >= 0.3 is 0 Å². The molecule has 2 aromatic carbocycles. The molecule has 0 aliphatic rings. The number of thiazole rings is 1. The van der Waals surface area contributed by atoms with Gasteiger partial charge in [-0.05, 0) is 36.1 Å². The standard InChI is InChI=1S/C20H20N4OS2/c1-3-19(25)22-16-8-6-15(7-9-16)18-13-27-20(23-18)24-21-12-14-4-10-17(26-2)11-5-14/h4-13H,3H2,1-2H3,(H,22,25)(H,23,24)/b21-12+. The van der Waals surface area contributed by atoms with Gasteiger partial charge in [0.05, 0.1) is 11.9 Å². The molecule has 0 bridgehead atoms. The summed E-state index contributed by atoms with van der Waals surface area (Å²) in [5.74, 6) is 0.00356. The van der Waals surface area contributed by atoms with Crippen LogP contribution in [0, 0.1) is 0 Å². The van der Waals surface area contributed by atoms with Crippen LogP contribution in [0.5, 0.6) is 0 Å². The first-order chi connectivity index (χ1) is 13.2. The molecule has 0 aliphatic heterocycles. The molecule has 0 fully saturated rings. The zero-order valence-electron chi connectivity index (χ0n) is 15.1. The molecule has 0 saturated heterocycles. The van der Waals surface area contributed by atoms with Gasteiger partial charge in [0, 0.05) is 27.9 Å². The number of hydrogen-bond acceptors (Lipinski definition) is 6. The molecule has 0 unspecified atom stereocenters. The number of nitrogens with zero attached hydrogens (tertiary/aromatic N) is 2. The zero-order chi connectivity index (χ0) is 19.1. The lowest BCUT2D eigenvalue weighted by atomic mass is 10.1. The Morgan fingerprint density at radius 1 is 1.19 bits per heavy atom. The van der Waals surface area contributed by atoms with Crippen LogP contribution < -0.4 is 10.7 Å². The number of benzene rings is 2. The van der Waals surface area contributed by atoms with E-state index in [9.17, 15) is 4.79 Å². The molecule has 1 aromatic heterocycles. The van der Waals surface area contributed by atoms with Crippen molar-refractivity contribution in [1.29, 1.82) is 0 Å². The first-order valence-electron chi connectivity index (χ1n) is 8.47. The second-order valence-electron chi connectivity index (χ2n) is 5.66. The quantitative estimate of drug-likeness (QED) is 0.322. The van der Waals surface area contributed by atoms with Crippen molar-refractivity contribution in [3.63, 3.8) is 0 Å². The minimum absolute atomic E-state index is 0.00356. The Kier molecular flexibility index (Phi) is 6.62. The van der Waals surface area contributed by atoms with Crippen LogP contribution in [-0.2, 0) is 4.79 Å². The van der Waals surface area contributed by atoms with Crippen LogP contribution in [0.25, 0.3) is 11.3 Å². The number of rotatable bonds is 7. The van der Waals surface area contributed by atoms with E-state index in [1.165, 1.54) is 16.2 Å². The molecular weight excluding hydrogens is 376 g/mol. The number of carbonyl (C=O) groups excluding carboxylic acids is 1. The lowest BCUT2D eigenvalue weighted by Gasteiger charge is -2.04. The van der Waals surface area contributed by atoms with E-state index in [1.807, 2.05) is 48.7 Å². The van der Waals surface area contributed by atoms with Gasteiger partial charge in [0.1, 0.15) is 0 Å². The highest BCUT2D eigenvalue weighted by molar-refractivity contribution is 7.98. The number of hydrazone groups is 1. The highest BCUT2D eigenvalue weighted by Crippen LogP contribution is 2.26. The second-order valence-corrected chi connectivity index (χ2v) is 7.40. The summed E-state index contributed by atoms with van der Waals surface area (Å²) in [5, 5.41) is 9.79. The van der Waals surface area contributed by atoms with Gasteiger partial charge in [-0.1, -0.05) is 31.2 Å². The van der Waals surface area contributed by atoms with Crippen molar-refractivity contribution in [2.24, 2.45) is 5.10 Å². The van der Waals surface area contributed by atoms with E-state index in [1.54, 1.807) is 18.0 Å². The van der Waals surface area contributed by atoms with E-state index < -0.39 is 0 Å². The molecule has 27 heavy (non-hydrogen) atoms. The summed E-state index contributed by atoms with van der Waals surface area (Å²) in [5.41, 5.74) is 6.65. The molecule has 7 heteroatoms. The molecule has 2 N–H and O–H groups in total. The third kappa shape index (κ3) is 5.42. The number of carbonyl (C=O) groups is 1. The summed E-state index contributed by atoms with van der Waals surface area (Å²) in [6.07, 6.45) is 4.29. The third-order valence-electron chi connectivity index (χ3n) is 3.78. The monoisotopic (exact) mass is 396 g/mol. The highest BCUT2D eigenvalue weighted by Gasteiger charge is 2.05. The summed E-state index contributed by atoms with van der Waals surface area (Å²) in [7, 11) is 0. The Bertz CT molecular complexity index is 918. The summed E-state index contributed by atoms with van der Waals surface area (Å²) in [6.45, 7) is 1.83. The fourth-order valence-electron chi connectivity index (χ4n) is 2.28. The zero-order valence-corrected chi connectivity index (χ0v) is 16.7. The Balaban J connectivity index is 1.60. The van der Waals surface area contributed by atoms with Crippen LogP contribution in [0.4, 0.5) is 10.8 Å². The fraction of sp³-hybridized carbons (Fsp3) is 0.150. The molecule has 0 aliphatic carbocycles. The average molecular weight is 397 g/mol. The van der Waals surface area contributed by atoms with Gasteiger partial charge in [-0.15, -0.1) is 23.1 Å². The molecule has 0 saturated carbocycles. The maximum absolute atomic E-state index is 11.4. The molecule has 1 amide bonds. The van der Waals surface area contributed by atoms with Crippen LogP contribution >= 0.6 is 23.1 Å². The van der Waals surface area contributed by atoms with Crippen molar-refractivity contribution in [2.45, 2.75) is 18.2 Å². The van der Waals surface area contributed by atoms with Crippen LogP contribution in [0.15, 0.2) is 63.9 Å². The first-order valence-corrected chi connectivity index (χ1v) is 10.6. The third-order valence-corrected chi connectivity index (χ3v) is 5.27. The molecular formula is C20H20N4OS2. The van der Waals surface area contributed by atoms with Gasteiger partial charge in [0.15, 0.2) is 0 Å². The summed E-state index contributed by atoms with van der Waals surface area (Å²) in [4.78, 5) is 17.2. The van der Waals surface area contributed by atoms with E-state index in [0.29, 0.717) is 6.42 Å². The molecule has 3 rings (SSSR count). The predicted octanol–water partition coefficient (Wildman–Crippen LogP) is 5.33. The van der Waals surface area contributed by atoms with Crippen LogP contribution in [0.1, 0.15) is 18.9 Å². The van der Waals surface area contributed by atoms with Crippen molar-refractivity contribution < 1.29 is 4.79 Å². The van der Waals surface area contributed by atoms with Crippen molar-refractivity contribution >= 4 is 46.0 Å². The lowest BCUT2D eigenvalue weighted by Crippen LogP contribution is -2.08. The van der Waals surface area contributed by atoms with Crippen molar-refractivity contribution in [3.05, 3.63) is 59.5 Å². The molecule has 3 aromatic rings. The van der Waals surface area contributed by atoms with E-state index in [4.69, 9.17) is 0 Å². The molecule has 0 atom stereocenters. The van der Waals surface area contributed by atoms with Crippen molar-refractivity contribution in [3.8, 4) is 11.3 Å². The Labute approximate surface area is 166 Å². The number of anilines is 2. The van der Waals surface area contributed by atoms with Crippen molar-refractivity contribution in [1.82, 2.24) is 4.98 Å². The molecule has 1 heterocycles. The SMILES string of the molecule is CCC(=O)Nc1ccc(-c2csc(N/N=C/c3ccc(SC)cc3)n2)cc1. The second kappa shape index (κ2) is 9.34. The van der Waals surface area contributed by atoms with Gasteiger partial charge in [-0.2, -0.15) is 5.10 Å². The van der Waals surface area contributed by atoms with Crippen LogP contribution in [0.2, 0.25) is 0 Å². The number of aromatic nitrogens is 1. The normalized spacial score (nSPS) is 10.9. The average Bonchev–Trinajstić information content (AvgIpc) is 3.18. The molecule has 0 spiro atoms. The maximum atomic E-state index is 11.4. The fourth-order valence-corrected chi connectivity index (χ4v) is 3.36. The van der Waals surface area contributed by atoms with E-state index in [-0.39, 0.29) is 5.91 Å². The van der Waals surface area contributed by atoms with Gasteiger partial charge in [0.25, 0.3) is 0 Å². The maximum Gasteiger partial charge on any atom is 0.224 e. The smallest absolute Gasteiger partial charge is 0.224 e. The first kappa shape index (κ1) is 19.1. The predicted molar refractivity (Wildman–Crippen MR) is 116 cm³/mol. The largest absolute Gasteiger partial charge is 0.326 e. The molecule has 138 valence electrons. The van der Waals surface area contributed by atoms with Crippen LogP contribution in [0.3, 0.4) is 0 Å². The van der Waals surface area contributed by atoms with E-state index in [2.05, 4.69) is 39.2 Å². The number of thioether (sulfide) groups is 1. The summed E-state index contributed by atoms with van der Waals surface area (Å²) >= 11 is 3.21. The van der Waals surface area contributed by atoms with Gasteiger partial charge in [-0.3, -0.25) is 10.2 Å². The Morgan fingerprint density at radius 2 is 1.93 bits per heavy atom. The topological polar surface area (TPSA) is 66.4 Å². The highest BCUT2D eigenvalue weighted by atomic mass is 32.2. The van der Waals surface area contributed by atoms with E-state index >= 15 is 0 Å². The molecule has 0 radical (unpaired) electrons. The summed E-state index contributed by atoms with van der Waals surface area (Å²) in [6, 6.07) is 15.9. The van der Waals surface area contributed by atoms with Crippen LogP contribution in [-0.4, -0.2) is 23.4 Å². The van der Waals surface area contributed by atoms with Gasteiger partial charge in [0.2, 0.25) is 11.0 Å². The molecule has 5 nitrogen and oxygen atoms in total. The number of nitrogens with one attached hydrogen (secondary N) is 2. The number of amides is 1. The minimum atomic E-state index is 0.00356. The lowest BCUT2D eigenvalue weighted by molar-refractivity contribution is -0.115. The Morgan fingerprint density at radius 3 is 2.59 bits per heavy atom. The Hall–Kier alpha value is -2.64. The summed E-state index contributed by atoms with van der Waals surface area (Å²) < 4.78 is 0. The van der Waals surface area contributed by atoms with Gasteiger partial charge in [-0.25, -0.2) is 4.98 Å². The van der Waals surface area contributed by atoms with Crippen molar-refractivity contribution in [2.75, 3.05) is 17.0 Å². The minimum Gasteiger partial charge on any atom is -0.326 e. The van der Waals surface area contributed by atoms with E-state index in [0.717, 1.165) is 27.6 Å². The van der Waals surface area contributed by atoms with Gasteiger partial charge < -0.3 is 5.32 Å². The number of hydrogen-bond donors (Lipinski definition) is 2.